The van der Waals surface area contributed by atoms with E-state index in [1.54, 1.807) is 0 Å². The average Bonchev–Trinajstić information content (AvgIpc) is 2.32. The second-order valence-corrected chi connectivity index (χ2v) is 5.23. The summed E-state index contributed by atoms with van der Waals surface area (Å²) in [6.45, 7) is 4.81. The Labute approximate surface area is 113 Å². The molecule has 0 saturated heterocycles. The minimum absolute atomic E-state index is 0.0119. The van der Waals surface area contributed by atoms with E-state index in [9.17, 15) is 0 Å². The lowest BCUT2D eigenvalue weighted by Gasteiger charge is -2.30. The summed E-state index contributed by atoms with van der Waals surface area (Å²) in [5.41, 5.74) is 2.45. The van der Waals surface area contributed by atoms with Crippen molar-refractivity contribution in [3.63, 3.8) is 0 Å². The third-order valence-corrected chi connectivity index (χ3v) is 3.17. The monoisotopic (exact) mass is 266 g/mol. The number of nitrogens with one attached hydrogen (secondary N) is 1. The van der Waals surface area contributed by atoms with Gasteiger partial charge in [0.1, 0.15) is 0 Å². The highest BCUT2D eigenvalue weighted by Gasteiger charge is 2.21. The number of anilines is 2. The van der Waals surface area contributed by atoms with Gasteiger partial charge < -0.3 is 9.64 Å². The van der Waals surface area contributed by atoms with E-state index in [-0.39, 0.29) is 6.10 Å². The summed E-state index contributed by atoms with van der Waals surface area (Å²) in [7, 11) is 1.98. The molecule has 7 heteroatoms. The summed E-state index contributed by atoms with van der Waals surface area (Å²) < 4.78 is 5.51. The molecular weight excluding hydrogens is 244 g/mol. The molecule has 1 aliphatic carbocycles. The van der Waals surface area contributed by atoms with Gasteiger partial charge in [0, 0.05) is 13.6 Å². The van der Waals surface area contributed by atoms with Crippen LogP contribution in [0.4, 0.5) is 11.9 Å². The number of hydrazine groups is 1. The van der Waals surface area contributed by atoms with Gasteiger partial charge in [0.15, 0.2) is 0 Å². The van der Waals surface area contributed by atoms with Crippen molar-refractivity contribution in [2.24, 2.45) is 11.8 Å². The van der Waals surface area contributed by atoms with Crippen molar-refractivity contribution in [3.05, 3.63) is 0 Å². The molecule has 0 unspecified atom stereocenters. The fraction of sp³-hybridized carbons (Fsp3) is 0.750. The van der Waals surface area contributed by atoms with E-state index >= 15 is 0 Å². The molecule has 0 aliphatic heterocycles. The summed E-state index contributed by atoms with van der Waals surface area (Å²) in [4.78, 5) is 14.7. The van der Waals surface area contributed by atoms with Gasteiger partial charge in [-0.05, 0) is 32.6 Å². The van der Waals surface area contributed by atoms with Crippen LogP contribution in [0.3, 0.4) is 0 Å². The molecule has 0 aromatic carbocycles. The fourth-order valence-electron chi connectivity index (χ4n) is 1.99. The summed E-state index contributed by atoms with van der Waals surface area (Å²) in [5, 5.41) is 0. The van der Waals surface area contributed by atoms with E-state index in [2.05, 4.69) is 20.4 Å². The maximum absolute atomic E-state index is 5.51. The molecule has 0 spiro atoms. The average molecular weight is 266 g/mol. The topological polar surface area (TPSA) is 89.2 Å². The zero-order valence-corrected chi connectivity index (χ0v) is 11.8. The van der Waals surface area contributed by atoms with Crippen LogP contribution < -0.4 is 20.9 Å². The normalized spacial score (nSPS) is 15.2. The summed E-state index contributed by atoms with van der Waals surface area (Å²) in [6, 6.07) is 0.299. The predicted molar refractivity (Wildman–Crippen MR) is 74.0 cm³/mol. The van der Waals surface area contributed by atoms with E-state index in [1.807, 2.05) is 25.8 Å². The van der Waals surface area contributed by atoms with Gasteiger partial charge in [-0.1, -0.05) is 6.42 Å². The first-order valence-corrected chi connectivity index (χ1v) is 6.69. The third-order valence-electron chi connectivity index (χ3n) is 3.17. The molecule has 3 N–H and O–H groups in total. The van der Waals surface area contributed by atoms with Crippen molar-refractivity contribution in [1.82, 2.24) is 15.0 Å². The number of rotatable bonds is 6. The van der Waals surface area contributed by atoms with E-state index in [0.29, 0.717) is 17.9 Å². The Balaban J connectivity index is 2.12. The molecule has 1 heterocycles. The second kappa shape index (κ2) is 6.01. The van der Waals surface area contributed by atoms with Crippen LogP contribution in [0.5, 0.6) is 6.01 Å². The van der Waals surface area contributed by atoms with Crippen LogP contribution in [0.2, 0.25) is 0 Å². The maximum atomic E-state index is 5.51. The number of nitrogens with two attached hydrogens (primary N) is 1. The van der Waals surface area contributed by atoms with Crippen molar-refractivity contribution < 1.29 is 4.74 Å². The molecule has 106 valence electrons. The predicted octanol–water partition coefficient (Wildman–Crippen LogP) is 1.18. The molecule has 1 saturated carbocycles. The molecule has 1 fully saturated rings. The summed E-state index contributed by atoms with van der Waals surface area (Å²) in [5.74, 6) is 7.03. The first-order valence-electron chi connectivity index (χ1n) is 6.69. The van der Waals surface area contributed by atoms with Gasteiger partial charge in [0.05, 0.1) is 6.10 Å². The SMILES string of the molecule is CC(C)Oc1nc(NN)nc(N(C)CC2CCC2)n1. The van der Waals surface area contributed by atoms with E-state index in [1.165, 1.54) is 19.3 Å². The van der Waals surface area contributed by atoms with Gasteiger partial charge >= 0.3 is 6.01 Å². The molecule has 1 aromatic heterocycles. The number of nitrogens with zero attached hydrogens (tertiary/aromatic N) is 4. The Morgan fingerprint density at radius 1 is 1.37 bits per heavy atom. The Morgan fingerprint density at radius 2 is 2.11 bits per heavy atom. The minimum Gasteiger partial charge on any atom is -0.461 e. The molecule has 0 atom stereocenters. The molecule has 0 bridgehead atoms. The number of nitrogen functional groups attached to an aromatic ring is 1. The highest BCUT2D eigenvalue weighted by Crippen LogP contribution is 2.28. The summed E-state index contributed by atoms with van der Waals surface area (Å²) in [6.07, 6.45) is 3.91. The standard InChI is InChI=1S/C12H22N6O/c1-8(2)19-12-15-10(17-13)14-11(16-12)18(3)7-9-5-4-6-9/h8-9H,4-7,13H2,1-3H3,(H,14,15,16,17). The minimum atomic E-state index is 0.0119. The summed E-state index contributed by atoms with van der Waals surface area (Å²) >= 11 is 0. The van der Waals surface area contributed by atoms with Crippen LogP contribution in [0.15, 0.2) is 0 Å². The van der Waals surface area contributed by atoms with Gasteiger partial charge in [-0.2, -0.15) is 15.0 Å². The van der Waals surface area contributed by atoms with E-state index in [0.717, 1.165) is 12.5 Å². The van der Waals surface area contributed by atoms with Gasteiger partial charge in [0.2, 0.25) is 11.9 Å². The molecular formula is C12H22N6O. The number of aromatic nitrogens is 3. The van der Waals surface area contributed by atoms with Gasteiger partial charge in [0.25, 0.3) is 0 Å². The zero-order valence-electron chi connectivity index (χ0n) is 11.8. The molecule has 0 amide bonds. The van der Waals surface area contributed by atoms with Crippen LogP contribution in [0, 0.1) is 5.92 Å². The van der Waals surface area contributed by atoms with Crippen LogP contribution in [0.1, 0.15) is 33.1 Å². The Bertz CT molecular complexity index is 421. The maximum Gasteiger partial charge on any atom is 0.323 e. The van der Waals surface area contributed by atoms with Crippen molar-refractivity contribution in [1.29, 1.82) is 0 Å². The van der Waals surface area contributed by atoms with E-state index < -0.39 is 0 Å². The van der Waals surface area contributed by atoms with Gasteiger partial charge in [-0.25, -0.2) is 5.84 Å². The highest BCUT2D eigenvalue weighted by molar-refractivity contribution is 5.37. The van der Waals surface area contributed by atoms with Crippen LogP contribution >= 0.6 is 0 Å². The van der Waals surface area contributed by atoms with Gasteiger partial charge in [-0.15, -0.1) is 0 Å². The van der Waals surface area contributed by atoms with Crippen molar-refractivity contribution in [2.75, 3.05) is 23.9 Å². The lowest BCUT2D eigenvalue weighted by molar-refractivity contribution is 0.222. The smallest absolute Gasteiger partial charge is 0.323 e. The van der Waals surface area contributed by atoms with Crippen LogP contribution in [-0.4, -0.2) is 34.6 Å². The zero-order chi connectivity index (χ0) is 13.8. The fourth-order valence-corrected chi connectivity index (χ4v) is 1.99. The van der Waals surface area contributed by atoms with Crippen molar-refractivity contribution in [3.8, 4) is 6.01 Å². The molecule has 1 aliphatic rings. The molecule has 0 radical (unpaired) electrons. The van der Waals surface area contributed by atoms with Crippen molar-refractivity contribution in [2.45, 2.75) is 39.2 Å². The Kier molecular flexibility index (Phi) is 4.36. The highest BCUT2D eigenvalue weighted by atomic mass is 16.5. The van der Waals surface area contributed by atoms with E-state index in [4.69, 9.17) is 10.6 Å². The molecule has 1 aromatic rings. The number of hydrogen-bond acceptors (Lipinski definition) is 7. The molecule has 2 rings (SSSR count). The molecule has 19 heavy (non-hydrogen) atoms. The largest absolute Gasteiger partial charge is 0.461 e. The molecule has 7 nitrogen and oxygen atoms in total. The van der Waals surface area contributed by atoms with Gasteiger partial charge in [-0.3, -0.25) is 5.43 Å². The first kappa shape index (κ1) is 13.8. The lowest BCUT2D eigenvalue weighted by atomic mass is 9.85. The number of ether oxygens (including phenoxy) is 1. The van der Waals surface area contributed by atoms with Crippen LogP contribution in [0.25, 0.3) is 0 Å². The lowest BCUT2D eigenvalue weighted by Crippen LogP contribution is -2.31. The van der Waals surface area contributed by atoms with Crippen molar-refractivity contribution >= 4 is 11.9 Å². The number of hydrogen-bond donors (Lipinski definition) is 2. The Morgan fingerprint density at radius 3 is 2.63 bits per heavy atom. The van der Waals surface area contributed by atoms with Crippen LogP contribution in [-0.2, 0) is 0 Å². The Hall–Kier alpha value is -1.63. The quantitative estimate of drug-likeness (QED) is 0.590. The second-order valence-electron chi connectivity index (χ2n) is 5.23. The third kappa shape index (κ3) is 3.66. The first-order chi connectivity index (χ1) is 9.08.